The van der Waals surface area contributed by atoms with Crippen LogP contribution in [0.2, 0.25) is 0 Å². The molecule has 0 amide bonds. The molecule has 0 aliphatic heterocycles. The minimum atomic E-state index is -0.293. The van der Waals surface area contributed by atoms with E-state index in [2.05, 4.69) is 30.9 Å². The fourth-order valence-electron chi connectivity index (χ4n) is 1.36. The van der Waals surface area contributed by atoms with Crippen molar-refractivity contribution in [3.8, 4) is 0 Å². The zero-order chi connectivity index (χ0) is 12.7. The van der Waals surface area contributed by atoms with Crippen LogP contribution < -0.4 is 5.73 Å². The van der Waals surface area contributed by atoms with Gasteiger partial charge in [-0.1, -0.05) is 25.9 Å². The fraction of sp³-hybridized carbons (Fsp3) is 0.833. The number of ether oxygens (including phenoxy) is 1. The van der Waals surface area contributed by atoms with Crippen LogP contribution in [0.1, 0.15) is 51.4 Å². The number of hydrogen-bond donors (Lipinski definition) is 1. The molecule has 1 aromatic heterocycles. The first kappa shape index (κ1) is 14.1. The maximum absolute atomic E-state index is 5.90. The van der Waals surface area contributed by atoms with Crippen molar-refractivity contribution in [2.24, 2.45) is 11.7 Å². The number of rotatable bonds is 8. The average Bonchev–Trinajstić information content (AvgIpc) is 2.75. The molecule has 0 fully saturated rings. The summed E-state index contributed by atoms with van der Waals surface area (Å²) >= 11 is 0. The van der Waals surface area contributed by atoms with Gasteiger partial charge in [-0.05, 0) is 18.8 Å². The van der Waals surface area contributed by atoms with Gasteiger partial charge in [-0.15, -0.1) is 0 Å². The molecule has 0 aliphatic carbocycles. The predicted octanol–water partition coefficient (Wildman–Crippen LogP) is 2.08. The van der Waals surface area contributed by atoms with E-state index < -0.39 is 0 Å². The molecule has 98 valence electrons. The molecule has 2 N–H and O–H groups in total. The predicted molar refractivity (Wildman–Crippen MR) is 65.5 cm³/mol. The SMILES string of the molecule is CCCOCC(N)c1noc(CCC(C)C)n1. The Labute approximate surface area is 103 Å². The number of nitrogens with two attached hydrogens (primary N) is 1. The summed E-state index contributed by atoms with van der Waals surface area (Å²) < 4.78 is 10.5. The highest BCUT2D eigenvalue weighted by Gasteiger charge is 2.14. The van der Waals surface area contributed by atoms with Gasteiger partial charge < -0.3 is 15.0 Å². The molecule has 0 aromatic carbocycles. The molecule has 0 spiro atoms. The van der Waals surface area contributed by atoms with Crippen LogP contribution >= 0.6 is 0 Å². The van der Waals surface area contributed by atoms with Crippen molar-refractivity contribution in [1.29, 1.82) is 0 Å². The first-order valence-electron chi connectivity index (χ1n) is 6.29. The quantitative estimate of drug-likeness (QED) is 0.705. The number of hydrogen-bond acceptors (Lipinski definition) is 5. The van der Waals surface area contributed by atoms with E-state index in [1.165, 1.54) is 0 Å². The van der Waals surface area contributed by atoms with Crippen LogP contribution in [0.15, 0.2) is 4.52 Å². The molecule has 0 radical (unpaired) electrons. The fourth-order valence-corrected chi connectivity index (χ4v) is 1.36. The molecule has 5 heteroatoms. The molecule has 1 unspecified atom stereocenters. The summed E-state index contributed by atoms with van der Waals surface area (Å²) in [5.41, 5.74) is 5.90. The second kappa shape index (κ2) is 7.40. The molecule has 1 heterocycles. The Morgan fingerprint density at radius 3 is 2.82 bits per heavy atom. The Kier molecular flexibility index (Phi) is 6.15. The summed E-state index contributed by atoms with van der Waals surface area (Å²) in [5.74, 6) is 1.84. The normalized spacial score (nSPS) is 13.2. The van der Waals surface area contributed by atoms with Gasteiger partial charge in [0.2, 0.25) is 5.89 Å². The van der Waals surface area contributed by atoms with Gasteiger partial charge in [0.1, 0.15) is 0 Å². The van der Waals surface area contributed by atoms with Crippen molar-refractivity contribution in [2.75, 3.05) is 13.2 Å². The maximum atomic E-state index is 5.90. The van der Waals surface area contributed by atoms with Gasteiger partial charge in [0, 0.05) is 13.0 Å². The van der Waals surface area contributed by atoms with Crippen molar-refractivity contribution < 1.29 is 9.26 Å². The summed E-state index contributed by atoms with van der Waals surface area (Å²) in [5, 5.41) is 3.88. The molecule has 1 rings (SSSR count). The maximum Gasteiger partial charge on any atom is 0.226 e. The van der Waals surface area contributed by atoms with E-state index in [9.17, 15) is 0 Å². The Balaban J connectivity index is 2.38. The number of aromatic nitrogens is 2. The van der Waals surface area contributed by atoms with Crippen molar-refractivity contribution in [3.05, 3.63) is 11.7 Å². The zero-order valence-electron chi connectivity index (χ0n) is 11.0. The van der Waals surface area contributed by atoms with Gasteiger partial charge >= 0.3 is 0 Å². The first-order valence-corrected chi connectivity index (χ1v) is 6.29. The molecule has 0 saturated carbocycles. The van der Waals surface area contributed by atoms with Gasteiger partial charge in [-0.2, -0.15) is 4.98 Å². The summed E-state index contributed by atoms with van der Waals surface area (Å²) in [6.45, 7) is 7.55. The van der Waals surface area contributed by atoms with E-state index in [1.54, 1.807) is 0 Å². The largest absolute Gasteiger partial charge is 0.379 e. The number of aryl methyl sites for hydroxylation is 1. The third-order valence-electron chi connectivity index (χ3n) is 2.40. The number of nitrogens with zero attached hydrogens (tertiary/aromatic N) is 2. The van der Waals surface area contributed by atoms with Crippen LogP contribution in [0.3, 0.4) is 0 Å². The Morgan fingerprint density at radius 2 is 2.18 bits per heavy atom. The highest BCUT2D eigenvalue weighted by atomic mass is 16.5. The first-order chi connectivity index (χ1) is 8.13. The lowest BCUT2D eigenvalue weighted by Crippen LogP contribution is -2.18. The standard InChI is InChI=1S/C12H23N3O2/c1-4-7-16-8-10(13)12-14-11(17-15-12)6-5-9(2)3/h9-10H,4-8,13H2,1-3H3. The lowest BCUT2D eigenvalue weighted by atomic mass is 10.1. The molecule has 1 atom stereocenters. The summed E-state index contributed by atoms with van der Waals surface area (Å²) in [4.78, 5) is 4.28. The molecule has 0 bridgehead atoms. The smallest absolute Gasteiger partial charge is 0.226 e. The van der Waals surface area contributed by atoms with Gasteiger partial charge in [-0.25, -0.2) is 0 Å². The van der Waals surface area contributed by atoms with Crippen molar-refractivity contribution in [1.82, 2.24) is 10.1 Å². The van der Waals surface area contributed by atoms with Crippen molar-refractivity contribution >= 4 is 0 Å². The lowest BCUT2D eigenvalue weighted by molar-refractivity contribution is 0.119. The zero-order valence-corrected chi connectivity index (χ0v) is 11.0. The van der Waals surface area contributed by atoms with E-state index >= 15 is 0 Å². The van der Waals surface area contributed by atoms with E-state index in [1.807, 2.05) is 0 Å². The summed E-state index contributed by atoms with van der Waals surface area (Å²) in [7, 11) is 0. The summed E-state index contributed by atoms with van der Waals surface area (Å²) in [6.07, 6.45) is 2.84. The molecule has 5 nitrogen and oxygen atoms in total. The van der Waals surface area contributed by atoms with Gasteiger partial charge in [-0.3, -0.25) is 0 Å². The average molecular weight is 241 g/mol. The van der Waals surface area contributed by atoms with Crippen LogP contribution in [-0.4, -0.2) is 23.4 Å². The topological polar surface area (TPSA) is 74.2 Å². The molecule has 0 saturated heterocycles. The molecule has 1 aromatic rings. The van der Waals surface area contributed by atoms with Crippen molar-refractivity contribution in [3.63, 3.8) is 0 Å². The van der Waals surface area contributed by atoms with E-state index in [0.29, 0.717) is 30.8 Å². The van der Waals surface area contributed by atoms with Gasteiger partial charge in [0.05, 0.1) is 12.6 Å². The highest BCUT2D eigenvalue weighted by molar-refractivity contribution is 4.93. The Morgan fingerprint density at radius 1 is 1.41 bits per heavy atom. The monoisotopic (exact) mass is 241 g/mol. The van der Waals surface area contributed by atoms with E-state index in [0.717, 1.165) is 19.3 Å². The van der Waals surface area contributed by atoms with Gasteiger partial charge in [0.15, 0.2) is 5.82 Å². The van der Waals surface area contributed by atoms with Crippen LogP contribution in [0.5, 0.6) is 0 Å². The lowest BCUT2D eigenvalue weighted by Gasteiger charge is -2.06. The molecule has 17 heavy (non-hydrogen) atoms. The van der Waals surface area contributed by atoms with Crippen LogP contribution in [-0.2, 0) is 11.2 Å². The summed E-state index contributed by atoms with van der Waals surface area (Å²) in [6, 6.07) is -0.293. The minimum Gasteiger partial charge on any atom is -0.379 e. The molecular formula is C12H23N3O2. The van der Waals surface area contributed by atoms with Crippen molar-refractivity contribution in [2.45, 2.75) is 46.1 Å². The second-order valence-electron chi connectivity index (χ2n) is 4.66. The van der Waals surface area contributed by atoms with Crippen LogP contribution in [0.25, 0.3) is 0 Å². The highest BCUT2D eigenvalue weighted by Crippen LogP contribution is 2.10. The molecular weight excluding hydrogens is 218 g/mol. The van der Waals surface area contributed by atoms with E-state index in [-0.39, 0.29) is 6.04 Å². The third-order valence-corrected chi connectivity index (χ3v) is 2.40. The van der Waals surface area contributed by atoms with Crippen LogP contribution in [0, 0.1) is 5.92 Å². The van der Waals surface area contributed by atoms with Crippen LogP contribution in [0.4, 0.5) is 0 Å². The molecule has 0 aliphatic rings. The minimum absolute atomic E-state index is 0.293. The second-order valence-corrected chi connectivity index (χ2v) is 4.66. The van der Waals surface area contributed by atoms with E-state index in [4.69, 9.17) is 15.0 Å². The Bertz CT molecular complexity index is 312. The third kappa shape index (κ3) is 5.28. The Hall–Kier alpha value is -0.940. The van der Waals surface area contributed by atoms with Gasteiger partial charge in [0.25, 0.3) is 0 Å².